The van der Waals surface area contributed by atoms with Crippen LogP contribution in [0, 0.1) is 6.92 Å². The summed E-state index contributed by atoms with van der Waals surface area (Å²) in [5, 5.41) is 2.77. The van der Waals surface area contributed by atoms with Crippen LogP contribution < -0.4 is 5.32 Å². The molecule has 0 saturated carbocycles. The molecule has 1 aromatic carbocycles. The average molecular weight is 397 g/mol. The van der Waals surface area contributed by atoms with Gasteiger partial charge in [0.25, 0.3) is 0 Å². The van der Waals surface area contributed by atoms with Crippen molar-refractivity contribution in [1.29, 1.82) is 0 Å². The minimum Gasteiger partial charge on any atom is -0.450 e. The molecule has 0 radical (unpaired) electrons. The van der Waals surface area contributed by atoms with Crippen molar-refractivity contribution >= 4 is 27.7 Å². The molecule has 1 aromatic rings. The quantitative estimate of drug-likeness (QED) is 0.790. The number of hydrogen-bond donors (Lipinski definition) is 1. The van der Waals surface area contributed by atoms with Crippen molar-refractivity contribution in [2.45, 2.75) is 32.7 Å². The Hall–Kier alpha value is -2.13. The van der Waals surface area contributed by atoms with Crippen LogP contribution >= 0.6 is 0 Å². The lowest BCUT2D eigenvalue weighted by Crippen LogP contribution is -2.50. The van der Waals surface area contributed by atoms with Crippen molar-refractivity contribution in [3.8, 4) is 0 Å². The lowest BCUT2D eigenvalue weighted by molar-refractivity contribution is -0.116. The van der Waals surface area contributed by atoms with Gasteiger partial charge >= 0.3 is 6.09 Å². The summed E-state index contributed by atoms with van der Waals surface area (Å²) in [6, 6.07) is 6.99. The van der Waals surface area contributed by atoms with E-state index in [4.69, 9.17) is 4.74 Å². The van der Waals surface area contributed by atoms with Crippen molar-refractivity contribution in [2.24, 2.45) is 0 Å². The summed E-state index contributed by atoms with van der Waals surface area (Å²) in [7, 11) is -3.57. The van der Waals surface area contributed by atoms with Gasteiger partial charge in [-0.05, 0) is 38.3 Å². The highest BCUT2D eigenvalue weighted by Gasteiger charge is 2.33. The van der Waals surface area contributed by atoms with Crippen LogP contribution in [0.4, 0.5) is 10.5 Å². The van der Waals surface area contributed by atoms with Crippen LogP contribution in [0.3, 0.4) is 0 Å². The van der Waals surface area contributed by atoms with Gasteiger partial charge in [0.1, 0.15) is 0 Å². The Labute approximate surface area is 160 Å². The van der Waals surface area contributed by atoms with E-state index in [1.54, 1.807) is 17.9 Å². The fourth-order valence-corrected chi connectivity index (χ4v) is 4.22. The van der Waals surface area contributed by atoms with Crippen molar-refractivity contribution in [3.63, 3.8) is 0 Å². The molecule has 0 unspecified atom stereocenters. The number of aryl methyl sites for hydroxylation is 1. The van der Waals surface area contributed by atoms with Gasteiger partial charge in [-0.1, -0.05) is 18.2 Å². The first-order chi connectivity index (χ1) is 12.7. The molecule has 1 aliphatic heterocycles. The molecule has 2 amide bonds. The van der Waals surface area contributed by atoms with Crippen LogP contribution in [0.1, 0.15) is 25.3 Å². The number of nitrogens with one attached hydrogen (secondary N) is 1. The fraction of sp³-hybridized carbons (Fsp3) is 0.556. The van der Waals surface area contributed by atoms with Crippen molar-refractivity contribution in [3.05, 3.63) is 29.8 Å². The number of anilines is 1. The summed E-state index contributed by atoms with van der Waals surface area (Å²) in [5.74, 6) is -0.387. The number of amides is 2. The van der Waals surface area contributed by atoms with Gasteiger partial charge in [0, 0.05) is 24.8 Å². The van der Waals surface area contributed by atoms with Crippen LogP contribution in [-0.2, 0) is 19.6 Å². The highest BCUT2D eigenvalue weighted by atomic mass is 32.2. The van der Waals surface area contributed by atoms with E-state index in [1.807, 2.05) is 25.1 Å². The first kappa shape index (κ1) is 21.2. The maximum Gasteiger partial charge on any atom is 0.409 e. The zero-order chi connectivity index (χ0) is 20.0. The molecule has 1 saturated heterocycles. The standard InChI is InChI=1S/C18H27N3O5S/c1-4-26-18(23)20-11-9-15(10-12-20)21(27(3,24)25)13-17(22)19-16-8-6-5-7-14(16)2/h5-8,15H,4,9-13H2,1-3H3,(H,19,22). The Kier molecular flexibility index (Phi) is 7.20. The van der Waals surface area contributed by atoms with E-state index >= 15 is 0 Å². The number of hydrogen-bond acceptors (Lipinski definition) is 5. The summed E-state index contributed by atoms with van der Waals surface area (Å²) >= 11 is 0. The third-order valence-corrected chi connectivity index (χ3v) is 5.82. The van der Waals surface area contributed by atoms with E-state index in [9.17, 15) is 18.0 Å². The maximum absolute atomic E-state index is 12.4. The highest BCUT2D eigenvalue weighted by Crippen LogP contribution is 2.20. The zero-order valence-corrected chi connectivity index (χ0v) is 16.8. The number of nitrogens with zero attached hydrogens (tertiary/aromatic N) is 2. The Morgan fingerprint density at radius 1 is 1.26 bits per heavy atom. The van der Waals surface area contributed by atoms with Gasteiger partial charge in [-0.25, -0.2) is 13.2 Å². The minimum atomic E-state index is -3.57. The van der Waals surface area contributed by atoms with Crippen LogP contribution in [0.5, 0.6) is 0 Å². The largest absolute Gasteiger partial charge is 0.450 e. The van der Waals surface area contributed by atoms with E-state index < -0.39 is 10.0 Å². The monoisotopic (exact) mass is 397 g/mol. The first-order valence-corrected chi connectivity index (χ1v) is 10.8. The average Bonchev–Trinajstić information content (AvgIpc) is 2.61. The molecule has 27 heavy (non-hydrogen) atoms. The summed E-state index contributed by atoms with van der Waals surface area (Å²) in [6.07, 6.45) is 1.64. The van der Waals surface area contributed by atoms with Gasteiger partial charge < -0.3 is 15.0 Å². The smallest absolute Gasteiger partial charge is 0.409 e. The normalized spacial score (nSPS) is 15.6. The molecule has 9 heteroatoms. The lowest BCUT2D eigenvalue weighted by Gasteiger charge is -2.36. The first-order valence-electron chi connectivity index (χ1n) is 8.96. The molecule has 1 aliphatic rings. The number of ether oxygens (including phenoxy) is 1. The number of benzene rings is 1. The molecule has 8 nitrogen and oxygen atoms in total. The van der Waals surface area contributed by atoms with Gasteiger partial charge in [-0.2, -0.15) is 4.31 Å². The minimum absolute atomic E-state index is 0.253. The van der Waals surface area contributed by atoms with Gasteiger partial charge in [0.15, 0.2) is 0 Å². The molecule has 150 valence electrons. The zero-order valence-electron chi connectivity index (χ0n) is 16.0. The third kappa shape index (κ3) is 5.93. The molecule has 0 aromatic heterocycles. The van der Waals surface area contributed by atoms with E-state index in [1.165, 1.54) is 4.31 Å². The lowest BCUT2D eigenvalue weighted by atomic mass is 10.1. The third-order valence-electron chi connectivity index (χ3n) is 4.54. The topological polar surface area (TPSA) is 96.0 Å². The van der Waals surface area contributed by atoms with Crippen LogP contribution in [-0.4, -0.2) is 68.2 Å². The maximum atomic E-state index is 12.4. The molecular weight excluding hydrogens is 370 g/mol. The second-order valence-corrected chi connectivity index (χ2v) is 8.52. The Morgan fingerprint density at radius 2 is 1.89 bits per heavy atom. The van der Waals surface area contributed by atoms with E-state index in [-0.39, 0.29) is 24.6 Å². The molecule has 0 atom stereocenters. The number of rotatable bonds is 6. The Balaban J connectivity index is 2.01. The number of likely N-dealkylation sites (tertiary alicyclic amines) is 1. The van der Waals surface area contributed by atoms with Gasteiger partial charge in [0.2, 0.25) is 15.9 Å². The number of sulfonamides is 1. The van der Waals surface area contributed by atoms with Gasteiger partial charge in [0.05, 0.1) is 19.4 Å². The molecule has 0 aliphatic carbocycles. The number of para-hydroxylation sites is 1. The van der Waals surface area contributed by atoms with E-state index in [2.05, 4.69) is 5.32 Å². The predicted molar refractivity (Wildman–Crippen MR) is 103 cm³/mol. The highest BCUT2D eigenvalue weighted by molar-refractivity contribution is 7.88. The van der Waals surface area contributed by atoms with Gasteiger partial charge in [-0.3, -0.25) is 4.79 Å². The van der Waals surface area contributed by atoms with E-state index in [0.717, 1.165) is 11.8 Å². The molecule has 1 N–H and O–H groups in total. The van der Waals surface area contributed by atoms with Crippen LogP contribution in [0.25, 0.3) is 0 Å². The second kappa shape index (κ2) is 9.18. The van der Waals surface area contributed by atoms with Crippen LogP contribution in [0.15, 0.2) is 24.3 Å². The summed E-state index contributed by atoms with van der Waals surface area (Å²) in [4.78, 5) is 25.8. The van der Waals surface area contributed by atoms with Crippen molar-refractivity contribution < 1.29 is 22.7 Å². The summed E-state index contributed by atoms with van der Waals surface area (Å²) in [6.45, 7) is 4.45. The van der Waals surface area contributed by atoms with E-state index in [0.29, 0.717) is 38.2 Å². The van der Waals surface area contributed by atoms with Gasteiger partial charge in [-0.15, -0.1) is 0 Å². The Morgan fingerprint density at radius 3 is 2.44 bits per heavy atom. The van der Waals surface area contributed by atoms with Crippen molar-refractivity contribution in [1.82, 2.24) is 9.21 Å². The molecule has 1 fully saturated rings. The molecule has 0 bridgehead atoms. The number of carbonyl (C=O) groups is 2. The van der Waals surface area contributed by atoms with Crippen LogP contribution in [0.2, 0.25) is 0 Å². The fourth-order valence-electron chi connectivity index (χ4n) is 3.11. The summed E-state index contributed by atoms with van der Waals surface area (Å²) in [5.41, 5.74) is 1.56. The molecule has 1 heterocycles. The SMILES string of the molecule is CCOC(=O)N1CCC(N(CC(=O)Nc2ccccc2C)S(C)(=O)=O)CC1. The predicted octanol–water partition coefficient (Wildman–Crippen LogP) is 1.82. The summed E-state index contributed by atoms with van der Waals surface area (Å²) < 4.78 is 30.7. The molecule has 0 spiro atoms. The Bertz CT molecular complexity index is 773. The molecule has 2 rings (SSSR count). The second-order valence-electron chi connectivity index (χ2n) is 6.59. The number of carbonyl (C=O) groups excluding carboxylic acids is 2. The molecular formula is C18H27N3O5S. The number of piperidine rings is 1. The van der Waals surface area contributed by atoms with Crippen molar-refractivity contribution in [2.75, 3.05) is 37.8 Å².